The van der Waals surface area contributed by atoms with Crippen LogP contribution in [0.5, 0.6) is 11.6 Å². The zero-order valence-electron chi connectivity index (χ0n) is 14.4. The number of methoxy groups -OCH3 is 1. The fourth-order valence-corrected chi connectivity index (χ4v) is 2.47. The van der Waals surface area contributed by atoms with E-state index in [1.165, 1.54) is 11.6 Å². The quantitative estimate of drug-likeness (QED) is 0.523. The molecule has 0 aliphatic rings. The maximum atomic E-state index is 9.17. The predicted octanol–water partition coefficient (Wildman–Crippen LogP) is 1.94. The molecule has 0 fully saturated rings. The van der Waals surface area contributed by atoms with Gasteiger partial charge in [0.15, 0.2) is 17.1 Å². The van der Waals surface area contributed by atoms with E-state index in [0.717, 1.165) is 0 Å². The number of nitrogens with zero attached hydrogens (tertiary/aromatic N) is 7. The summed E-state index contributed by atoms with van der Waals surface area (Å²) in [5.41, 5.74) is 1.89. The first-order valence-electron chi connectivity index (χ1n) is 7.90. The van der Waals surface area contributed by atoms with Crippen molar-refractivity contribution in [3.8, 4) is 29.2 Å². The first-order chi connectivity index (χ1) is 13.2. The highest BCUT2D eigenvalue weighted by Gasteiger charge is 2.18. The Bertz CT molecular complexity index is 1160. The van der Waals surface area contributed by atoms with E-state index in [-0.39, 0.29) is 12.5 Å². The van der Waals surface area contributed by atoms with Gasteiger partial charge in [-0.05, 0) is 19.1 Å². The molecule has 0 bridgehead atoms. The van der Waals surface area contributed by atoms with Gasteiger partial charge in [-0.25, -0.2) is 0 Å². The van der Waals surface area contributed by atoms with Gasteiger partial charge in [0.2, 0.25) is 5.82 Å². The van der Waals surface area contributed by atoms with Crippen molar-refractivity contribution in [2.45, 2.75) is 13.5 Å². The van der Waals surface area contributed by atoms with E-state index in [9.17, 15) is 5.26 Å². The molecule has 27 heavy (non-hydrogen) atoms. The molecular formula is C17H13N7O3. The van der Waals surface area contributed by atoms with Crippen LogP contribution < -0.4 is 9.47 Å². The topological polar surface area (TPSA) is 124 Å². The number of pyridine rings is 1. The Hall–Kier alpha value is -4.00. The third kappa shape index (κ3) is 3.02. The summed E-state index contributed by atoms with van der Waals surface area (Å²) in [5, 5.41) is 25.7. The Kier molecular flexibility index (Phi) is 4.10. The first kappa shape index (κ1) is 16.5. The van der Waals surface area contributed by atoms with Crippen molar-refractivity contribution in [2.75, 3.05) is 7.11 Å². The molecule has 0 spiro atoms. The molecule has 0 aliphatic heterocycles. The van der Waals surface area contributed by atoms with Crippen molar-refractivity contribution in [2.24, 2.45) is 0 Å². The number of ether oxygens (including phenoxy) is 2. The van der Waals surface area contributed by atoms with E-state index in [1.54, 1.807) is 37.4 Å². The van der Waals surface area contributed by atoms with Gasteiger partial charge in [0.1, 0.15) is 18.4 Å². The fraction of sp³-hybridized carbons (Fsp3) is 0.176. The SMILES string of the molecule is COc1cc2nnc(-c3cc(C)on3)n2nc1OCc1ncccc1C#N. The van der Waals surface area contributed by atoms with E-state index < -0.39 is 0 Å². The van der Waals surface area contributed by atoms with Crippen molar-refractivity contribution in [3.63, 3.8) is 0 Å². The van der Waals surface area contributed by atoms with Gasteiger partial charge in [0, 0.05) is 18.3 Å². The Morgan fingerprint density at radius 1 is 1.30 bits per heavy atom. The molecule has 0 aromatic carbocycles. The molecule has 0 unspecified atom stereocenters. The van der Waals surface area contributed by atoms with E-state index in [0.29, 0.717) is 39.9 Å². The smallest absolute Gasteiger partial charge is 0.275 e. The van der Waals surface area contributed by atoms with Gasteiger partial charge in [-0.15, -0.1) is 15.3 Å². The zero-order chi connectivity index (χ0) is 18.8. The molecule has 0 amide bonds. The normalized spacial score (nSPS) is 10.7. The molecule has 4 aromatic rings. The highest BCUT2D eigenvalue weighted by molar-refractivity contribution is 5.56. The minimum absolute atomic E-state index is 0.0547. The van der Waals surface area contributed by atoms with Crippen LogP contribution in [0, 0.1) is 18.3 Å². The lowest BCUT2D eigenvalue weighted by atomic mass is 10.2. The van der Waals surface area contributed by atoms with Crippen molar-refractivity contribution in [1.82, 2.24) is 30.0 Å². The van der Waals surface area contributed by atoms with Gasteiger partial charge in [-0.3, -0.25) is 4.98 Å². The van der Waals surface area contributed by atoms with Crippen molar-refractivity contribution in [1.29, 1.82) is 5.26 Å². The number of aryl methyl sites for hydroxylation is 1. The summed E-state index contributed by atoms with van der Waals surface area (Å²) in [4.78, 5) is 4.17. The lowest BCUT2D eigenvalue weighted by Crippen LogP contribution is -2.06. The van der Waals surface area contributed by atoms with Crippen LogP contribution in [0.4, 0.5) is 0 Å². The minimum atomic E-state index is 0.0547. The molecule has 4 rings (SSSR count). The summed E-state index contributed by atoms with van der Waals surface area (Å²) in [7, 11) is 1.50. The molecule has 134 valence electrons. The monoisotopic (exact) mass is 363 g/mol. The Morgan fingerprint density at radius 3 is 2.93 bits per heavy atom. The van der Waals surface area contributed by atoms with Gasteiger partial charge < -0.3 is 14.0 Å². The van der Waals surface area contributed by atoms with Crippen LogP contribution in [-0.4, -0.2) is 37.1 Å². The van der Waals surface area contributed by atoms with Crippen LogP contribution in [-0.2, 0) is 6.61 Å². The van der Waals surface area contributed by atoms with Gasteiger partial charge >= 0.3 is 0 Å². The van der Waals surface area contributed by atoms with E-state index in [1.807, 2.05) is 0 Å². The molecule has 10 heteroatoms. The lowest BCUT2D eigenvalue weighted by molar-refractivity contribution is 0.264. The number of aromatic nitrogens is 6. The molecule has 0 atom stereocenters. The van der Waals surface area contributed by atoms with Crippen molar-refractivity contribution < 1.29 is 14.0 Å². The third-order valence-corrected chi connectivity index (χ3v) is 3.76. The van der Waals surface area contributed by atoms with Crippen LogP contribution in [0.3, 0.4) is 0 Å². The molecular weight excluding hydrogens is 350 g/mol. The summed E-state index contributed by atoms with van der Waals surface area (Å²) < 4.78 is 17.7. The Morgan fingerprint density at radius 2 is 2.19 bits per heavy atom. The third-order valence-electron chi connectivity index (χ3n) is 3.76. The largest absolute Gasteiger partial charge is 0.491 e. The second kappa shape index (κ2) is 6.72. The summed E-state index contributed by atoms with van der Waals surface area (Å²) in [6.45, 7) is 1.84. The lowest BCUT2D eigenvalue weighted by Gasteiger charge is -2.10. The molecule has 0 saturated heterocycles. The number of hydrogen-bond donors (Lipinski definition) is 0. The van der Waals surface area contributed by atoms with Crippen LogP contribution in [0.25, 0.3) is 17.2 Å². The highest BCUT2D eigenvalue weighted by Crippen LogP contribution is 2.28. The van der Waals surface area contributed by atoms with E-state index in [4.69, 9.17) is 14.0 Å². The zero-order valence-corrected chi connectivity index (χ0v) is 14.4. The van der Waals surface area contributed by atoms with Crippen LogP contribution >= 0.6 is 0 Å². The second-order valence-corrected chi connectivity index (χ2v) is 5.53. The number of hydrogen-bond acceptors (Lipinski definition) is 9. The van der Waals surface area contributed by atoms with Crippen LogP contribution in [0.2, 0.25) is 0 Å². The Balaban J connectivity index is 1.72. The van der Waals surface area contributed by atoms with Crippen molar-refractivity contribution >= 4 is 5.65 Å². The van der Waals surface area contributed by atoms with E-state index >= 15 is 0 Å². The number of rotatable bonds is 5. The average Bonchev–Trinajstić information content (AvgIpc) is 3.31. The van der Waals surface area contributed by atoms with E-state index in [2.05, 4.69) is 31.5 Å². The maximum absolute atomic E-state index is 9.17. The van der Waals surface area contributed by atoms with Gasteiger partial charge in [0.25, 0.3) is 5.88 Å². The fourth-order valence-electron chi connectivity index (χ4n) is 2.47. The standard InChI is InChI=1S/C17H13N7O3/c1-10-6-12(23-27-10)16-21-20-15-7-14(25-2)17(22-24(15)16)26-9-13-11(8-18)4-3-5-19-13/h3-7H,9H2,1-2H3. The molecule has 4 aromatic heterocycles. The molecule has 10 nitrogen and oxygen atoms in total. The summed E-state index contributed by atoms with van der Waals surface area (Å²) >= 11 is 0. The highest BCUT2D eigenvalue weighted by atomic mass is 16.5. The molecule has 0 radical (unpaired) electrons. The van der Waals surface area contributed by atoms with Gasteiger partial charge in [0.05, 0.1) is 18.4 Å². The number of fused-ring (bicyclic) bond motifs is 1. The molecule has 0 N–H and O–H groups in total. The number of nitriles is 1. The van der Waals surface area contributed by atoms with Crippen molar-refractivity contribution in [3.05, 3.63) is 47.5 Å². The summed E-state index contributed by atoms with van der Waals surface area (Å²) in [6, 6.07) is 8.82. The van der Waals surface area contributed by atoms with Gasteiger partial charge in [-0.2, -0.15) is 9.78 Å². The van der Waals surface area contributed by atoms with Crippen LogP contribution in [0.15, 0.2) is 35.0 Å². The summed E-state index contributed by atoms with van der Waals surface area (Å²) in [5.74, 6) is 1.64. The second-order valence-electron chi connectivity index (χ2n) is 5.53. The molecule has 4 heterocycles. The van der Waals surface area contributed by atoms with Crippen LogP contribution in [0.1, 0.15) is 17.0 Å². The molecule has 0 saturated carbocycles. The Labute approximate surface area is 153 Å². The minimum Gasteiger partial charge on any atom is -0.491 e. The predicted molar refractivity (Wildman–Crippen MR) is 90.9 cm³/mol. The average molecular weight is 363 g/mol. The molecule has 0 aliphatic carbocycles. The summed E-state index contributed by atoms with van der Waals surface area (Å²) in [6.07, 6.45) is 1.60. The maximum Gasteiger partial charge on any atom is 0.275 e. The first-order valence-corrected chi connectivity index (χ1v) is 7.90. The van der Waals surface area contributed by atoms with Gasteiger partial charge in [-0.1, -0.05) is 5.16 Å².